The number of ether oxygens (including phenoxy) is 1. The minimum absolute atomic E-state index is 0.0990. The van der Waals surface area contributed by atoms with Gasteiger partial charge in [0.05, 0.1) is 0 Å². The van der Waals surface area contributed by atoms with Gasteiger partial charge in [-0.25, -0.2) is 0 Å². The Morgan fingerprint density at radius 3 is 2.53 bits per heavy atom. The smallest absolute Gasteiger partial charge is 0.261 e. The van der Waals surface area contributed by atoms with Gasteiger partial charge in [0.25, 0.3) is 5.91 Å². The van der Waals surface area contributed by atoms with Gasteiger partial charge in [-0.05, 0) is 43.7 Å². The SMILES string of the molecule is Cc1cccc(CN(C(=O)COc2cccc3ccccc23)C(C)C(=O)NC2CCCCC2)c1. The lowest BCUT2D eigenvalue weighted by atomic mass is 9.95. The van der Waals surface area contributed by atoms with E-state index in [4.69, 9.17) is 4.74 Å². The van der Waals surface area contributed by atoms with Gasteiger partial charge in [0.1, 0.15) is 11.8 Å². The zero-order chi connectivity index (χ0) is 23.9. The maximum absolute atomic E-state index is 13.4. The van der Waals surface area contributed by atoms with Crippen LogP contribution in [0.3, 0.4) is 0 Å². The van der Waals surface area contributed by atoms with Gasteiger partial charge in [-0.3, -0.25) is 9.59 Å². The van der Waals surface area contributed by atoms with Gasteiger partial charge in [-0.15, -0.1) is 0 Å². The summed E-state index contributed by atoms with van der Waals surface area (Å²) in [5.41, 5.74) is 2.12. The second kappa shape index (κ2) is 11.2. The number of carbonyl (C=O) groups excluding carboxylic acids is 2. The first-order valence-electron chi connectivity index (χ1n) is 12.3. The minimum atomic E-state index is -0.592. The monoisotopic (exact) mass is 458 g/mol. The van der Waals surface area contributed by atoms with Crippen LogP contribution >= 0.6 is 0 Å². The zero-order valence-corrected chi connectivity index (χ0v) is 20.1. The standard InChI is InChI=1S/C29H34N2O3/c1-21-10-8-11-23(18-21)19-31(22(2)29(33)30-25-14-4-3-5-15-25)28(32)20-34-27-17-9-13-24-12-6-7-16-26(24)27/h6-13,16-18,22,25H,3-5,14-15,19-20H2,1-2H3,(H,30,33). The summed E-state index contributed by atoms with van der Waals surface area (Å²) in [6.45, 7) is 4.07. The quantitative estimate of drug-likeness (QED) is 0.492. The fraction of sp³-hybridized carbons (Fsp3) is 0.379. The van der Waals surface area contributed by atoms with Crippen LogP contribution in [0.15, 0.2) is 66.7 Å². The number of carbonyl (C=O) groups is 2. The van der Waals surface area contributed by atoms with Crippen LogP contribution in [0.4, 0.5) is 0 Å². The summed E-state index contributed by atoms with van der Waals surface area (Å²) < 4.78 is 5.98. The molecule has 0 bridgehead atoms. The zero-order valence-electron chi connectivity index (χ0n) is 20.1. The van der Waals surface area contributed by atoms with E-state index in [-0.39, 0.29) is 24.5 Å². The molecule has 0 heterocycles. The second-order valence-electron chi connectivity index (χ2n) is 9.30. The Hall–Kier alpha value is -3.34. The van der Waals surface area contributed by atoms with Gasteiger partial charge in [-0.1, -0.05) is 85.5 Å². The fourth-order valence-corrected chi connectivity index (χ4v) is 4.70. The Kier molecular flexibility index (Phi) is 7.84. The van der Waals surface area contributed by atoms with E-state index >= 15 is 0 Å². The molecule has 5 nitrogen and oxygen atoms in total. The molecule has 1 N–H and O–H groups in total. The van der Waals surface area contributed by atoms with Crippen molar-refractivity contribution in [2.75, 3.05) is 6.61 Å². The van der Waals surface area contributed by atoms with Gasteiger partial charge < -0.3 is 15.0 Å². The topological polar surface area (TPSA) is 58.6 Å². The van der Waals surface area contributed by atoms with Gasteiger partial charge >= 0.3 is 0 Å². The summed E-state index contributed by atoms with van der Waals surface area (Å²) in [5, 5.41) is 5.20. The molecular weight excluding hydrogens is 424 g/mol. The van der Waals surface area contributed by atoms with Crippen LogP contribution in [0.25, 0.3) is 10.8 Å². The lowest BCUT2D eigenvalue weighted by molar-refractivity contribution is -0.142. The summed E-state index contributed by atoms with van der Waals surface area (Å²) in [7, 11) is 0. The lowest BCUT2D eigenvalue weighted by Gasteiger charge is -2.31. The highest BCUT2D eigenvalue weighted by molar-refractivity contribution is 5.90. The van der Waals surface area contributed by atoms with Crippen LogP contribution < -0.4 is 10.1 Å². The van der Waals surface area contributed by atoms with E-state index in [1.54, 1.807) is 4.90 Å². The highest BCUT2D eigenvalue weighted by atomic mass is 16.5. The molecule has 1 aliphatic rings. The molecule has 3 aromatic rings. The molecule has 1 atom stereocenters. The summed E-state index contributed by atoms with van der Waals surface area (Å²) in [4.78, 5) is 28.2. The molecule has 1 saturated carbocycles. The van der Waals surface area contributed by atoms with Gasteiger partial charge in [0.2, 0.25) is 5.91 Å². The highest BCUT2D eigenvalue weighted by Gasteiger charge is 2.28. The van der Waals surface area contributed by atoms with Crippen molar-refractivity contribution in [3.63, 3.8) is 0 Å². The molecular formula is C29H34N2O3. The molecule has 0 radical (unpaired) electrons. The molecule has 0 aromatic heterocycles. The molecule has 0 spiro atoms. The maximum atomic E-state index is 13.4. The van der Waals surface area contributed by atoms with Crippen molar-refractivity contribution in [2.24, 2.45) is 0 Å². The molecule has 0 aliphatic heterocycles. The van der Waals surface area contributed by atoms with Crippen molar-refractivity contribution in [3.8, 4) is 5.75 Å². The third-order valence-corrected chi connectivity index (χ3v) is 6.66. The number of hydrogen-bond donors (Lipinski definition) is 1. The Labute approximate surface area is 202 Å². The predicted molar refractivity (Wildman–Crippen MR) is 136 cm³/mol. The van der Waals surface area contributed by atoms with Crippen molar-refractivity contribution in [2.45, 2.75) is 64.6 Å². The molecule has 3 aromatic carbocycles. The average Bonchev–Trinajstić information content (AvgIpc) is 2.86. The second-order valence-corrected chi connectivity index (χ2v) is 9.30. The summed E-state index contributed by atoms with van der Waals surface area (Å²) >= 11 is 0. The van der Waals surface area contributed by atoms with Gasteiger partial charge in [-0.2, -0.15) is 0 Å². The summed E-state index contributed by atoms with van der Waals surface area (Å²) in [6.07, 6.45) is 5.53. The van der Waals surface area contributed by atoms with Crippen LogP contribution in [-0.4, -0.2) is 35.4 Å². The summed E-state index contributed by atoms with van der Waals surface area (Å²) in [5.74, 6) is 0.361. The number of amides is 2. The number of fused-ring (bicyclic) bond motifs is 1. The minimum Gasteiger partial charge on any atom is -0.483 e. The first-order chi connectivity index (χ1) is 16.5. The Bertz CT molecular complexity index is 1130. The van der Waals surface area contributed by atoms with E-state index in [1.165, 1.54) is 6.42 Å². The molecule has 34 heavy (non-hydrogen) atoms. The highest BCUT2D eigenvalue weighted by Crippen LogP contribution is 2.25. The number of benzene rings is 3. The van der Waals surface area contributed by atoms with E-state index in [1.807, 2.05) is 74.5 Å². The molecule has 1 aliphatic carbocycles. The van der Waals surface area contributed by atoms with E-state index in [2.05, 4.69) is 11.4 Å². The largest absolute Gasteiger partial charge is 0.483 e. The van der Waals surface area contributed by atoms with Crippen LogP contribution in [0, 0.1) is 6.92 Å². The summed E-state index contributed by atoms with van der Waals surface area (Å²) in [6, 6.07) is 21.4. The average molecular weight is 459 g/mol. The molecule has 1 unspecified atom stereocenters. The predicted octanol–water partition coefficient (Wildman–Crippen LogP) is 5.39. The number of nitrogens with zero attached hydrogens (tertiary/aromatic N) is 1. The lowest BCUT2D eigenvalue weighted by Crippen LogP contribution is -2.51. The Balaban J connectivity index is 1.50. The van der Waals surface area contributed by atoms with E-state index in [0.29, 0.717) is 12.3 Å². The van der Waals surface area contributed by atoms with Crippen LogP contribution in [0.1, 0.15) is 50.2 Å². The van der Waals surface area contributed by atoms with Crippen LogP contribution in [-0.2, 0) is 16.1 Å². The van der Waals surface area contributed by atoms with E-state index < -0.39 is 6.04 Å². The number of rotatable bonds is 8. The maximum Gasteiger partial charge on any atom is 0.261 e. The Morgan fingerprint density at radius 1 is 1.00 bits per heavy atom. The van der Waals surface area contributed by atoms with E-state index in [9.17, 15) is 9.59 Å². The van der Waals surface area contributed by atoms with Crippen molar-refractivity contribution < 1.29 is 14.3 Å². The fourth-order valence-electron chi connectivity index (χ4n) is 4.70. The van der Waals surface area contributed by atoms with Crippen LogP contribution in [0.2, 0.25) is 0 Å². The molecule has 0 saturated heterocycles. The van der Waals surface area contributed by atoms with Crippen molar-refractivity contribution in [1.82, 2.24) is 10.2 Å². The van der Waals surface area contributed by atoms with E-state index in [0.717, 1.165) is 47.6 Å². The first kappa shape index (κ1) is 23.8. The molecule has 1 fully saturated rings. The third-order valence-electron chi connectivity index (χ3n) is 6.66. The van der Waals surface area contributed by atoms with Crippen molar-refractivity contribution in [3.05, 3.63) is 77.9 Å². The Morgan fingerprint density at radius 2 is 1.74 bits per heavy atom. The normalized spacial score (nSPS) is 15.0. The van der Waals surface area contributed by atoms with Crippen molar-refractivity contribution in [1.29, 1.82) is 0 Å². The van der Waals surface area contributed by atoms with Gasteiger partial charge in [0.15, 0.2) is 6.61 Å². The molecule has 178 valence electrons. The van der Waals surface area contributed by atoms with Gasteiger partial charge in [0, 0.05) is 18.0 Å². The molecule has 4 rings (SSSR count). The van der Waals surface area contributed by atoms with Crippen molar-refractivity contribution >= 4 is 22.6 Å². The molecule has 2 amide bonds. The number of aryl methyl sites for hydroxylation is 1. The first-order valence-corrected chi connectivity index (χ1v) is 12.3. The number of nitrogens with one attached hydrogen (secondary N) is 1. The third kappa shape index (κ3) is 5.96. The molecule has 5 heteroatoms. The number of hydrogen-bond acceptors (Lipinski definition) is 3. The van der Waals surface area contributed by atoms with Crippen LogP contribution in [0.5, 0.6) is 5.75 Å².